The van der Waals surface area contributed by atoms with Crippen LogP contribution in [0.2, 0.25) is 0 Å². The first-order valence-corrected chi connectivity index (χ1v) is 8.66. The normalized spacial score (nSPS) is 17.9. The third-order valence-electron chi connectivity index (χ3n) is 3.93. The SMILES string of the molecule is CC(O)CNC(=O)C1CN(C(=O)c2cccs2)Cc2cccnc21. The number of thiophene rings is 1. The Balaban J connectivity index is 1.84. The standard InChI is InChI=1S/C17H19N3O3S/c1-11(21)8-19-16(22)13-10-20(17(23)14-5-3-7-24-14)9-12-4-2-6-18-15(12)13/h2-7,11,13,21H,8-10H2,1H3,(H,19,22). The zero-order valence-electron chi connectivity index (χ0n) is 13.3. The Bertz CT molecular complexity index is 730. The van der Waals surface area contributed by atoms with Gasteiger partial charge in [-0.25, -0.2) is 0 Å². The number of nitrogens with one attached hydrogen (secondary N) is 1. The number of hydrogen-bond donors (Lipinski definition) is 2. The molecule has 3 rings (SSSR count). The van der Waals surface area contributed by atoms with E-state index in [0.29, 0.717) is 17.1 Å². The maximum Gasteiger partial charge on any atom is 0.264 e. The molecule has 0 aromatic carbocycles. The average molecular weight is 345 g/mol. The van der Waals surface area contributed by atoms with E-state index in [1.807, 2.05) is 23.6 Å². The average Bonchev–Trinajstić information content (AvgIpc) is 3.12. The van der Waals surface area contributed by atoms with Crippen molar-refractivity contribution in [3.05, 3.63) is 52.0 Å². The Morgan fingerprint density at radius 1 is 1.46 bits per heavy atom. The Morgan fingerprint density at radius 3 is 3.00 bits per heavy atom. The summed E-state index contributed by atoms with van der Waals surface area (Å²) in [6, 6.07) is 7.33. The molecule has 0 aliphatic carbocycles. The molecule has 2 N–H and O–H groups in total. The predicted molar refractivity (Wildman–Crippen MR) is 90.7 cm³/mol. The number of rotatable bonds is 4. The smallest absolute Gasteiger partial charge is 0.264 e. The molecule has 2 aromatic heterocycles. The molecular weight excluding hydrogens is 326 g/mol. The van der Waals surface area contributed by atoms with Gasteiger partial charge < -0.3 is 15.3 Å². The lowest BCUT2D eigenvalue weighted by atomic mass is 9.93. The highest BCUT2D eigenvalue weighted by Gasteiger charge is 2.34. The highest BCUT2D eigenvalue weighted by molar-refractivity contribution is 7.12. The zero-order chi connectivity index (χ0) is 17.1. The van der Waals surface area contributed by atoms with E-state index in [1.54, 1.807) is 24.1 Å². The number of carbonyl (C=O) groups excluding carboxylic acids is 2. The third-order valence-corrected chi connectivity index (χ3v) is 4.79. The minimum atomic E-state index is -0.621. The van der Waals surface area contributed by atoms with Gasteiger partial charge in [-0.05, 0) is 30.0 Å². The highest BCUT2D eigenvalue weighted by Crippen LogP contribution is 2.28. The van der Waals surface area contributed by atoms with Crippen LogP contribution in [-0.4, -0.2) is 46.0 Å². The summed E-state index contributed by atoms with van der Waals surface area (Å²) in [6.07, 6.45) is 1.04. The molecule has 0 saturated heterocycles. The van der Waals surface area contributed by atoms with Crippen molar-refractivity contribution >= 4 is 23.2 Å². The fraction of sp³-hybridized carbons (Fsp3) is 0.353. The molecular formula is C17H19N3O3S. The molecule has 2 amide bonds. The van der Waals surface area contributed by atoms with E-state index in [4.69, 9.17) is 0 Å². The van der Waals surface area contributed by atoms with Crippen molar-refractivity contribution < 1.29 is 14.7 Å². The number of aliphatic hydroxyl groups excluding tert-OH is 1. The molecule has 2 atom stereocenters. The van der Waals surface area contributed by atoms with Crippen LogP contribution in [0, 0.1) is 0 Å². The number of carbonyl (C=O) groups is 2. The topological polar surface area (TPSA) is 82.5 Å². The third kappa shape index (κ3) is 3.47. The van der Waals surface area contributed by atoms with Crippen LogP contribution in [0.1, 0.15) is 33.8 Å². The number of pyridine rings is 1. The largest absolute Gasteiger partial charge is 0.392 e. The summed E-state index contributed by atoms with van der Waals surface area (Å²) in [4.78, 5) is 31.9. The quantitative estimate of drug-likeness (QED) is 0.877. The van der Waals surface area contributed by atoms with Crippen molar-refractivity contribution in [2.45, 2.75) is 25.5 Å². The van der Waals surface area contributed by atoms with Crippen molar-refractivity contribution in [1.82, 2.24) is 15.2 Å². The Hall–Kier alpha value is -2.25. The molecule has 2 unspecified atom stereocenters. The minimum absolute atomic E-state index is 0.0761. The van der Waals surface area contributed by atoms with Crippen LogP contribution >= 0.6 is 11.3 Å². The highest BCUT2D eigenvalue weighted by atomic mass is 32.1. The maximum atomic E-state index is 12.6. The summed E-state index contributed by atoms with van der Waals surface area (Å²) in [5.41, 5.74) is 1.58. The van der Waals surface area contributed by atoms with Crippen LogP contribution < -0.4 is 5.32 Å². The molecule has 0 spiro atoms. The van der Waals surface area contributed by atoms with Crippen LogP contribution in [0.15, 0.2) is 35.8 Å². The van der Waals surface area contributed by atoms with Crippen molar-refractivity contribution in [3.63, 3.8) is 0 Å². The van der Waals surface area contributed by atoms with Crippen LogP contribution in [0.3, 0.4) is 0 Å². The summed E-state index contributed by atoms with van der Waals surface area (Å²) in [7, 11) is 0. The molecule has 2 aromatic rings. The van der Waals surface area contributed by atoms with Gasteiger partial charge in [0.15, 0.2) is 0 Å². The number of fused-ring (bicyclic) bond motifs is 1. The number of aromatic nitrogens is 1. The Labute approximate surface area is 144 Å². The molecule has 6 nitrogen and oxygen atoms in total. The lowest BCUT2D eigenvalue weighted by molar-refractivity contribution is -0.123. The van der Waals surface area contributed by atoms with Crippen LogP contribution in [0.25, 0.3) is 0 Å². The summed E-state index contributed by atoms with van der Waals surface area (Å²) in [5, 5.41) is 13.9. The molecule has 126 valence electrons. The summed E-state index contributed by atoms with van der Waals surface area (Å²) in [6.45, 7) is 2.52. The van der Waals surface area contributed by atoms with Crippen molar-refractivity contribution in [2.24, 2.45) is 0 Å². The second-order valence-electron chi connectivity index (χ2n) is 5.86. The zero-order valence-corrected chi connectivity index (χ0v) is 14.1. The van der Waals surface area contributed by atoms with Gasteiger partial charge in [0.1, 0.15) is 0 Å². The van der Waals surface area contributed by atoms with E-state index >= 15 is 0 Å². The van der Waals surface area contributed by atoms with Crippen LogP contribution in [0.4, 0.5) is 0 Å². The Kier molecular flexibility index (Phi) is 4.92. The van der Waals surface area contributed by atoms with Crippen molar-refractivity contribution in [1.29, 1.82) is 0 Å². The maximum absolute atomic E-state index is 12.6. The molecule has 24 heavy (non-hydrogen) atoms. The van der Waals surface area contributed by atoms with Gasteiger partial charge in [0, 0.05) is 25.8 Å². The van der Waals surface area contributed by atoms with E-state index in [9.17, 15) is 14.7 Å². The Morgan fingerprint density at radius 2 is 2.29 bits per heavy atom. The molecule has 1 aliphatic heterocycles. The minimum Gasteiger partial charge on any atom is -0.392 e. The lowest BCUT2D eigenvalue weighted by Crippen LogP contribution is -2.45. The second-order valence-corrected chi connectivity index (χ2v) is 6.81. The monoisotopic (exact) mass is 345 g/mol. The van der Waals surface area contributed by atoms with E-state index in [0.717, 1.165) is 5.56 Å². The molecule has 0 bridgehead atoms. The van der Waals surface area contributed by atoms with Crippen molar-refractivity contribution in [2.75, 3.05) is 13.1 Å². The first-order chi connectivity index (χ1) is 11.6. The second kappa shape index (κ2) is 7.11. The summed E-state index contributed by atoms with van der Waals surface area (Å²) in [5.74, 6) is -0.829. The van der Waals surface area contributed by atoms with Gasteiger partial charge in [-0.1, -0.05) is 12.1 Å². The van der Waals surface area contributed by atoms with Crippen molar-refractivity contribution in [3.8, 4) is 0 Å². The summed E-state index contributed by atoms with van der Waals surface area (Å²) < 4.78 is 0. The summed E-state index contributed by atoms with van der Waals surface area (Å²) >= 11 is 1.39. The first-order valence-electron chi connectivity index (χ1n) is 7.78. The van der Waals surface area contributed by atoms with Gasteiger partial charge in [-0.3, -0.25) is 14.6 Å². The van der Waals surface area contributed by atoms with Gasteiger partial charge in [0.25, 0.3) is 5.91 Å². The van der Waals surface area contributed by atoms with Crippen LogP contribution in [0.5, 0.6) is 0 Å². The number of nitrogens with zero attached hydrogens (tertiary/aromatic N) is 2. The molecule has 0 radical (unpaired) electrons. The number of amides is 2. The molecule has 7 heteroatoms. The molecule has 0 fully saturated rings. The van der Waals surface area contributed by atoms with Gasteiger partial charge in [-0.2, -0.15) is 0 Å². The lowest BCUT2D eigenvalue weighted by Gasteiger charge is -2.33. The fourth-order valence-corrected chi connectivity index (χ4v) is 3.46. The molecule has 1 aliphatic rings. The molecule has 3 heterocycles. The predicted octanol–water partition coefficient (Wildman–Crippen LogP) is 1.38. The van der Waals surface area contributed by atoms with E-state index in [2.05, 4.69) is 10.3 Å². The van der Waals surface area contributed by atoms with E-state index < -0.39 is 12.0 Å². The first kappa shape index (κ1) is 16.6. The van der Waals surface area contributed by atoms with Gasteiger partial charge in [0.05, 0.1) is 22.6 Å². The van der Waals surface area contributed by atoms with E-state index in [-0.39, 0.29) is 24.9 Å². The van der Waals surface area contributed by atoms with Gasteiger partial charge >= 0.3 is 0 Å². The number of hydrogen-bond acceptors (Lipinski definition) is 5. The van der Waals surface area contributed by atoms with E-state index in [1.165, 1.54) is 11.3 Å². The number of aliphatic hydroxyl groups is 1. The van der Waals surface area contributed by atoms with Gasteiger partial charge in [-0.15, -0.1) is 11.3 Å². The molecule has 0 saturated carbocycles. The van der Waals surface area contributed by atoms with Crippen LogP contribution in [-0.2, 0) is 11.3 Å². The fourth-order valence-electron chi connectivity index (χ4n) is 2.76. The van der Waals surface area contributed by atoms with Gasteiger partial charge in [0.2, 0.25) is 5.91 Å².